The highest BCUT2D eigenvalue weighted by atomic mass is 16.7. The molecule has 1 atom stereocenters. The predicted octanol–water partition coefficient (Wildman–Crippen LogP) is 2.60. The minimum Gasteiger partial charge on any atom is -0.454 e. The van der Waals surface area contributed by atoms with E-state index in [2.05, 4.69) is 0 Å². The van der Waals surface area contributed by atoms with Crippen LogP contribution < -0.4 is 9.47 Å². The van der Waals surface area contributed by atoms with E-state index in [0.29, 0.717) is 17.1 Å². The molecule has 8 nitrogen and oxygen atoms in total. The van der Waals surface area contributed by atoms with Crippen molar-refractivity contribution in [2.45, 2.75) is 33.7 Å². The van der Waals surface area contributed by atoms with Crippen molar-refractivity contribution in [1.82, 2.24) is 4.90 Å². The third-order valence-corrected chi connectivity index (χ3v) is 3.89. The van der Waals surface area contributed by atoms with Gasteiger partial charge in [0, 0.05) is 12.6 Å². The molecule has 0 saturated carbocycles. The maximum Gasteiger partial charge on any atom is 0.413 e. The van der Waals surface area contributed by atoms with Crippen LogP contribution in [-0.4, -0.2) is 49.4 Å². The molecular formula is C18H23NO7. The minimum absolute atomic E-state index is 0.113. The number of Topliss-reactive ketones (excluding diaryl/α,β-unsaturated/α-hetero) is 1. The van der Waals surface area contributed by atoms with Crippen molar-refractivity contribution < 1.29 is 33.3 Å². The van der Waals surface area contributed by atoms with Gasteiger partial charge in [0.2, 0.25) is 13.6 Å². The molecule has 0 N–H and O–H groups in total. The SMILES string of the molecule is CC(C(=O)c1ccc2c(c1)OCO2)N(C)C(=O)OCOC(=O)C(C)(C)C. The summed E-state index contributed by atoms with van der Waals surface area (Å²) in [7, 11) is 1.43. The lowest BCUT2D eigenvalue weighted by atomic mass is 9.98. The van der Waals surface area contributed by atoms with Crippen LogP contribution in [0.25, 0.3) is 0 Å². The Bertz CT molecular complexity index is 708. The van der Waals surface area contributed by atoms with Crippen LogP contribution in [0.4, 0.5) is 4.79 Å². The van der Waals surface area contributed by atoms with Gasteiger partial charge in [0.25, 0.3) is 0 Å². The molecule has 0 saturated heterocycles. The maximum atomic E-state index is 12.6. The molecule has 2 rings (SSSR count). The fraction of sp³-hybridized carbons (Fsp3) is 0.500. The van der Waals surface area contributed by atoms with Crippen LogP contribution in [-0.2, 0) is 14.3 Å². The number of rotatable bonds is 5. The lowest BCUT2D eigenvalue weighted by molar-refractivity contribution is -0.161. The van der Waals surface area contributed by atoms with Gasteiger partial charge < -0.3 is 23.8 Å². The van der Waals surface area contributed by atoms with Crippen LogP contribution in [0.15, 0.2) is 18.2 Å². The number of nitrogens with zero attached hydrogens (tertiary/aromatic N) is 1. The zero-order chi connectivity index (χ0) is 19.5. The number of carbonyl (C=O) groups excluding carboxylic acids is 3. The third-order valence-electron chi connectivity index (χ3n) is 3.89. The van der Waals surface area contributed by atoms with Crippen LogP contribution in [0.3, 0.4) is 0 Å². The van der Waals surface area contributed by atoms with E-state index >= 15 is 0 Å². The molecule has 1 aliphatic heterocycles. The molecule has 0 fully saturated rings. The van der Waals surface area contributed by atoms with Gasteiger partial charge >= 0.3 is 12.1 Å². The predicted molar refractivity (Wildman–Crippen MR) is 91.0 cm³/mol. The quantitative estimate of drug-likeness (QED) is 0.450. The van der Waals surface area contributed by atoms with Crippen LogP contribution >= 0.6 is 0 Å². The molecule has 0 aliphatic carbocycles. The van der Waals surface area contributed by atoms with Crippen molar-refractivity contribution in [3.8, 4) is 11.5 Å². The Kier molecular flexibility index (Phi) is 5.74. The number of ether oxygens (including phenoxy) is 4. The van der Waals surface area contributed by atoms with E-state index in [1.807, 2.05) is 0 Å². The summed E-state index contributed by atoms with van der Waals surface area (Å²) >= 11 is 0. The summed E-state index contributed by atoms with van der Waals surface area (Å²) in [5, 5.41) is 0. The Morgan fingerprint density at radius 1 is 1.15 bits per heavy atom. The summed E-state index contributed by atoms with van der Waals surface area (Å²) in [5.41, 5.74) is -0.304. The molecule has 1 aromatic rings. The Hall–Kier alpha value is -2.77. The van der Waals surface area contributed by atoms with Crippen LogP contribution in [0, 0.1) is 5.41 Å². The largest absolute Gasteiger partial charge is 0.454 e. The molecular weight excluding hydrogens is 342 g/mol. The van der Waals surface area contributed by atoms with Crippen molar-refractivity contribution in [2.75, 3.05) is 20.6 Å². The Labute approximate surface area is 152 Å². The van der Waals surface area contributed by atoms with Gasteiger partial charge in [-0.1, -0.05) is 0 Å². The molecule has 1 aromatic carbocycles. The molecule has 1 unspecified atom stereocenters. The van der Waals surface area contributed by atoms with Gasteiger partial charge in [-0.25, -0.2) is 4.79 Å². The highest BCUT2D eigenvalue weighted by molar-refractivity contribution is 6.01. The molecule has 26 heavy (non-hydrogen) atoms. The second kappa shape index (κ2) is 7.63. The minimum atomic E-state index is -0.777. The van der Waals surface area contributed by atoms with Gasteiger partial charge in [-0.15, -0.1) is 0 Å². The van der Waals surface area contributed by atoms with Crippen molar-refractivity contribution in [1.29, 1.82) is 0 Å². The van der Waals surface area contributed by atoms with Gasteiger partial charge in [0.1, 0.15) is 0 Å². The number of fused-ring (bicyclic) bond motifs is 1. The summed E-state index contributed by atoms with van der Waals surface area (Å²) in [4.78, 5) is 37.4. The second-order valence-electron chi connectivity index (χ2n) is 6.93. The van der Waals surface area contributed by atoms with E-state index in [1.165, 1.54) is 7.05 Å². The topological polar surface area (TPSA) is 91.4 Å². The fourth-order valence-electron chi connectivity index (χ4n) is 2.08. The molecule has 8 heteroatoms. The van der Waals surface area contributed by atoms with E-state index in [9.17, 15) is 14.4 Å². The summed E-state index contributed by atoms with van der Waals surface area (Å²) in [5.74, 6) is 0.289. The fourth-order valence-corrected chi connectivity index (χ4v) is 2.08. The summed E-state index contributed by atoms with van der Waals surface area (Å²) in [6, 6.07) is 4.05. The standard InChI is InChI=1S/C18H23NO7/c1-11(15(20)12-6-7-13-14(8-12)24-9-23-13)19(5)17(22)26-10-25-16(21)18(2,3)4/h6-8,11H,9-10H2,1-5H3. The van der Waals surface area contributed by atoms with Gasteiger partial charge in [-0.2, -0.15) is 0 Å². The molecule has 142 valence electrons. The molecule has 0 aromatic heterocycles. The van der Waals surface area contributed by atoms with Crippen molar-refractivity contribution in [3.63, 3.8) is 0 Å². The number of hydrogen-bond acceptors (Lipinski definition) is 7. The Morgan fingerprint density at radius 2 is 1.81 bits per heavy atom. The number of ketones is 1. The number of likely N-dealkylation sites (N-methyl/N-ethyl adjacent to an activating group) is 1. The Balaban J connectivity index is 1.91. The molecule has 0 radical (unpaired) electrons. The van der Waals surface area contributed by atoms with E-state index in [-0.39, 0.29) is 12.6 Å². The zero-order valence-corrected chi connectivity index (χ0v) is 15.5. The first-order valence-electron chi connectivity index (χ1n) is 8.12. The van der Waals surface area contributed by atoms with E-state index in [0.717, 1.165) is 4.90 Å². The van der Waals surface area contributed by atoms with Gasteiger partial charge in [-0.3, -0.25) is 9.59 Å². The first kappa shape index (κ1) is 19.6. The van der Waals surface area contributed by atoms with Crippen LogP contribution in [0.2, 0.25) is 0 Å². The molecule has 0 bridgehead atoms. The number of benzene rings is 1. The normalized spacial score (nSPS) is 13.7. The molecule has 1 aliphatic rings. The highest BCUT2D eigenvalue weighted by Gasteiger charge is 2.27. The van der Waals surface area contributed by atoms with Crippen LogP contribution in [0.1, 0.15) is 38.1 Å². The lowest BCUT2D eigenvalue weighted by Gasteiger charge is -2.23. The maximum absolute atomic E-state index is 12.6. The van der Waals surface area contributed by atoms with E-state index in [4.69, 9.17) is 18.9 Å². The molecule has 0 spiro atoms. The highest BCUT2D eigenvalue weighted by Crippen LogP contribution is 2.33. The van der Waals surface area contributed by atoms with Gasteiger partial charge in [-0.05, 0) is 45.9 Å². The number of amides is 1. The lowest BCUT2D eigenvalue weighted by Crippen LogP contribution is -2.41. The first-order chi connectivity index (χ1) is 12.1. The van der Waals surface area contributed by atoms with Crippen molar-refractivity contribution in [3.05, 3.63) is 23.8 Å². The first-order valence-corrected chi connectivity index (χ1v) is 8.12. The number of hydrogen-bond donors (Lipinski definition) is 0. The van der Waals surface area contributed by atoms with E-state index in [1.54, 1.807) is 45.9 Å². The summed E-state index contributed by atoms with van der Waals surface area (Å²) in [6.45, 7) is 6.25. The average Bonchev–Trinajstić information content (AvgIpc) is 3.06. The van der Waals surface area contributed by atoms with Gasteiger partial charge in [0.05, 0.1) is 11.5 Å². The number of carbonyl (C=O) groups is 3. The van der Waals surface area contributed by atoms with Gasteiger partial charge in [0.15, 0.2) is 17.3 Å². The third kappa shape index (κ3) is 4.44. The monoisotopic (exact) mass is 365 g/mol. The van der Waals surface area contributed by atoms with Crippen molar-refractivity contribution >= 4 is 17.8 Å². The molecule has 1 amide bonds. The summed E-state index contributed by atoms with van der Waals surface area (Å²) in [6.07, 6.45) is -0.770. The Morgan fingerprint density at radius 3 is 2.46 bits per heavy atom. The van der Waals surface area contributed by atoms with Crippen LogP contribution in [0.5, 0.6) is 11.5 Å². The van der Waals surface area contributed by atoms with Crippen molar-refractivity contribution in [2.24, 2.45) is 5.41 Å². The second-order valence-corrected chi connectivity index (χ2v) is 6.93. The average molecular weight is 365 g/mol. The van der Waals surface area contributed by atoms with E-state index < -0.39 is 30.3 Å². The number of esters is 1. The molecule has 1 heterocycles. The zero-order valence-electron chi connectivity index (χ0n) is 15.5. The smallest absolute Gasteiger partial charge is 0.413 e. The summed E-state index contributed by atoms with van der Waals surface area (Å²) < 4.78 is 20.2.